The predicted molar refractivity (Wildman–Crippen MR) is 145 cm³/mol. The van der Waals surface area contributed by atoms with Crippen molar-refractivity contribution in [2.45, 2.75) is 117 Å². The van der Waals surface area contributed by atoms with Crippen LogP contribution in [0.4, 0.5) is 0 Å². The number of esters is 8. The molecule has 0 aromatic rings. The van der Waals surface area contributed by atoms with Crippen LogP contribution in [0.15, 0.2) is 0 Å². The molecule has 0 N–H and O–H groups in total. The molecular formula is C28H38O19. The molecule has 2 heterocycles. The molecule has 0 aromatic carbocycles. The van der Waals surface area contributed by atoms with Gasteiger partial charge in [0.1, 0.15) is 31.5 Å². The number of hydrogen-bond acceptors (Lipinski definition) is 19. The first-order valence-electron chi connectivity index (χ1n) is 14.2. The molecule has 2 saturated heterocycles. The summed E-state index contributed by atoms with van der Waals surface area (Å²) in [6, 6.07) is 0. The van der Waals surface area contributed by atoms with Gasteiger partial charge in [-0.15, -0.1) is 0 Å². The SMILES string of the molecule is CC(=O)OC[C@H]1O[C@@H](O[C@@H]2[C@@H](OC(C)=O)[C@H](OC(C)=O)O[C@H](COC(C)=O)[C@H]2OC(C)=O)[C@H](OC(C)=O)[C@@H](OC(C)=O)[C@@H]1OC(C)=O. The molecule has 0 amide bonds. The maximum atomic E-state index is 12.3. The first-order valence-corrected chi connectivity index (χ1v) is 14.2. The van der Waals surface area contributed by atoms with Gasteiger partial charge in [-0.3, -0.25) is 38.4 Å². The number of carbonyl (C=O) groups excluding carboxylic acids is 8. The molecule has 2 aliphatic rings. The Bertz CT molecular complexity index is 1200. The van der Waals surface area contributed by atoms with Crippen LogP contribution in [-0.2, 0) is 90.5 Å². The molecule has 0 bridgehead atoms. The zero-order chi connectivity index (χ0) is 35.6. The summed E-state index contributed by atoms with van der Waals surface area (Å²) in [5.74, 6) is -7.04. The molecule has 10 atom stereocenters. The summed E-state index contributed by atoms with van der Waals surface area (Å²) in [5.41, 5.74) is 0. The second-order valence-electron chi connectivity index (χ2n) is 10.3. The minimum absolute atomic E-state index is 0.587. The first-order chi connectivity index (χ1) is 21.9. The predicted octanol–water partition coefficient (Wildman–Crippen LogP) is -0.831. The van der Waals surface area contributed by atoms with Crippen molar-refractivity contribution in [3.63, 3.8) is 0 Å². The van der Waals surface area contributed by atoms with Crippen molar-refractivity contribution in [1.29, 1.82) is 0 Å². The van der Waals surface area contributed by atoms with Crippen LogP contribution in [0.5, 0.6) is 0 Å². The Morgan fingerprint density at radius 2 is 0.702 bits per heavy atom. The Hall–Kier alpha value is -4.36. The summed E-state index contributed by atoms with van der Waals surface area (Å²) in [5, 5.41) is 0. The lowest BCUT2D eigenvalue weighted by atomic mass is 9.96. The van der Waals surface area contributed by atoms with E-state index in [4.69, 9.17) is 52.1 Å². The largest absolute Gasteiger partial charge is 0.463 e. The van der Waals surface area contributed by atoms with Crippen LogP contribution in [0.2, 0.25) is 0 Å². The van der Waals surface area contributed by atoms with Gasteiger partial charge in [0.25, 0.3) is 0 Å². The number of hydrogen-bond donors (Lipinski definition) is 0. The van der Waals surface area contributed by atoms with Crippen LogP contribution in [0, 0.1) is 0 Å². The van der Waals surface area contributed by atoms with Gasteiger partial charge in [0, 0.05) is 55.4 Å². The fraction of sp³-hybridized carbons (Fsp3) is 0.714. The Morgan fingerprint density at radius 3 is 1.09 bits per heavy atom. The molecule has 2 rings (SSSR count). The normalized spacial score (nSPS) is 30.0. The minimum Gasteiger partial charge on any atom is -0.463 e. The number of ether oxygens (including phenoxy) is 11. The van der Waals surface area contributed by atoms with E-state index in [0.29, 0.717) is 0 Å². The molecular weight excluding hydrogens is 640 g/mol. The van der Waals surface area contributed by atoms with Gasteiger partial charge in [0.2, 0.25) is 6.29 Å². The van der Waals surface area contributed by atoms with Crippen molar-refractivity contribution < 1.29 is 90.5 Å². The highest BCUT2D eigenvalue weighted by atomic mass is 16.8. The van der Waals surface area contributed by atoms with Gasteiger partial charge in [-0.2, -0.15) is 0 Å². The van der Waals surface area contributed by atoms with E-state index in [1.54, 1.807) is 0 Å². The van der Waals surface area contributed by atoms with Gasteiger partial charge in [0.05, 0.1) is 0 Å². The quantitative estimate of drug-likeness (QED) is 0.181. The van der Waals surface area contributed by atoms with Gasteiger partial charge in [-0.25, -0.2) is 0 Å². The number of rotatable bonds is 12. The Balaban J connectivity index is 2.75. The second-order valence-corrected chi connectivity index (χ2v) is 10.3. The lowest BCUT2D eigenvalue weighted by molar-refractivity contribution is -0.358. The highest BCUT2D eigenvalue weighted by Crippen LogP contribution is 2.35. The van der Waals surface area contributed by atoms with Gasteiger partial charge in [-0.05, 0) is 0 Å². The summed E-state index contributed by atoms with van der Waals surface area (Å²) >= 11 is 0. The van der Waals surface area contributed by atoms with Crippen molar-refractivity contribution >= 4 is 47.8 Å². The van der Waals surface area contributed by atoms with E-state index in [9.17, 15) is 38.4 Å². The van der Waals surface area contributed by atoms with Gasteiger partial charge in [0.15, 0.2) is 36.8 Å². The molecule has 0 spiro atoms. The van der Waals surface area contributed by atoms with Crippen molar-refractivity contribution in [2.75, 3.05) is 13.2 Å². The number of carbonyl (C=O) groups is 8. The van der Waals surface area contributed by atoms with Gasteiger partial charge >= 0.3 is 47.8 Å². The average molecular weight is 679 g/mol. The van der Waals surface area contributed by atoms with E-state index in [2.05, 4.69) is 0 Å². The molecule has 47 heavy (non-hydrogen) atoms. The summed E-state index contributed by atoms with van der Waals surface area (Å²) in [6.07, 6.45) is -16.4. The molecule has 2 aliphatic heterocycles. The summed E-state index contributed by atoms with van der Waals surface area (Å²) in [7, 11) is 0. The summed E-state index contributed by atoms with van der Waals surface area (Å²) in [6.45, 7) is 7.06. The molecule has 0 aliphatic carbocycles. The molecule has 0 unspecified atom stereocenters. The van der Waals surface area contributed by atoms with Crippen LogP contribution in [0.1, 0.15) is 55.4 Å². The van der Waals surface area contributed by atoms with Crippen LogP contribution in [0.25, 0.3) is 0 Å². The average Bonchev–Trinajstić information content (AvgIpc) is 2.91. The monoisotopic (exact) mass is 678 g/mol. The molecule has 264 valence electrons. The molecule has 0 aromatic heterocycles. The fourth-order valence-corrected chi connectivity index (χ4v) is 4.73. The third-order valence-corrected chi connectivity index (χ3v) is 6.17. The smallest absolute Gasteiger partial charge is 0.305 e. The van der Waals surface area contributed by atoms with E-state index in [0.717, 1.165) is 55.4 Å². The lowest BCUT2D eigenvalue weighted by Crippen LogP contribution is -2.67. The van der Waals surface area contributed by atoms with Crippen LogP contribution >= 0.6 is 0 Å². The van der Waals surface area contributed by atoms with E-state index < -0.39 is 122 Å². The first kappa shape index (κ1) is 38.8. The maximum Gasteiger partial charge on any atom is 0.305 e. The Morgan fingerprint density at radius 1 is 0.383 bits per heavy atom. The standard InChI is InChI=1S/C28H38O19/c1-11(29)37-9-19-21(39-13(3)31)23(41-15(5)33)25(42-16(6)34)28(46-19)47-24-22(40-14(4)32)20(10-38-12(2)30)45-27(44-18(8)36)26(24)43-17(7)35/h19-28H,9-10H2,1-8H3/t19-,20-,21-,22-,23+,24+,25-,26-,27-,28+/m1/s1. The highest BCUT2D eigenvalue weighted by Gasteiger charge is 2.58. The minimum atomic E-state index is -1.86. The zero-order valence-electron chi connectivity index (χ0n) is 26.9. The molecule has 2 fully saturated rings. The van der Waals surface area contributed by atoms with Crippen molar-refractivity contribution in [1.82, 2.24) is 0 Å². The topological polar surface area (TPSA) is 238 Å². The van der Waals surface area contributed by atoms with Crippen LogP contribution < -0.4 is 0 Å². The van der Waals surface area contributed by atoms with E-state index >= 15 is 0 Å². The van der Waals surface area contributed by atoms with E-state index in [1.165, 1.54) is 0 Å². The lowest BCUT2D eigenvalue weighted by Gasteiger charge is -2.48. The maximum absolute atomic E-state index is 12.3. The fourth-order valence-electron chi connectivity index (χ4n) is 4.73. The molecule has 0 radical (unpaired) electrons. The van der Waals surface area contributed by atoms with Crippen molar-refractivity contribution in [3.05, 3.63) is 0 Å². The van der Waals surface area contributed by atoms with E-state index in [-0.39, 0.29) is 0 Å². The molecule has 19 nitrogen and oxygen atoms in total. The summed E-state index contributed by atoms with van der Waals surface area (Å²) < 4.78 is 60.2. The Kier molecular flexibility index (Phi) is 14.5. The van der Waals surface area contributed by atoms with Gasteiger partial charge in [-0.1, -0.05) is 0 Å². The zero-order valence-corrected chi connectivity index (χ0v) is 26.9. The van der Waals surface area contributed by atoms with Crippen LogP contribution in [-0.4, -0.2) is 122 Å². The third kappa shape index (κ3) is 12.1. The Labute approximate surface area is 268 Å². The van der Waals surface area contributed by atoms with E-state index in [1.807, 2.05) is 0 Å². The molecule has 19 heteroatoms. The van der Waals surface area contributed by atoms with Gasteiger partial charge < -0.3 is 52.1 Å². The van der Waals surface area contributed by atoms with Crippen LogP contribution in [0.3, 0.4) is 0 Å². The van der Waals surface area contributed by atoms with Crippen molar-refractivity contribution in [2.24, 2.45) is 0 Å². The summed E-state index contributed by atoms with van der Waals surface area (Å²) in [4.78, 5) is 96.4. The van der Waals surface area contributed by atoms with Crippen molar-refractivity contribution in [3.8, 4) is 0 Å². The third-order valence-electron chi connectivity index (χ3n) is 6.17. The molecule has 0 saturated carbocycles. The second kappa shape index (κ2) is 17.5. The highest BCUT2D eigenvalue weighted by molar-refractivity contribution is 5.69.